The smallest absolute Gasteiger partial charge is 0.335 e. The van der Waals surface area contributed by atoms with Crippen molar-refractivity contribution < 1.29 is 14.7 Å². The Bertz CT molecular complexity index is 848. The number of anilines is 1. The van der Waals surface area contributed by atoms with Crippen molar-refractivity contribution in [3.8, 4) is 6.07 Å². The van der Waals surface area contributed by atoms with Crippen LogP contribution in [0.5, 0.6) is 0 Å². The molecule has 2 aromatic rings. The number of aromatic carboxylic acids is 1. The highest BCUT2D eigenvalue weighted by molar-refractivity contribution is 6.40. The number of hydrogen-bond donors (Lipinski definition) is 2. The number of halogens is 2. The molecule has 2 N–H and O–H groups in total. The van der Waals surface area contributed by atoms with Gasteiger partial charge in [0.05, 0.1) is 21.3 Å². The Balaban J connectivity index is 2.26. The van der Waals surface area contributed by atoms with E-state index in [-0.39, 0.29) is 26.9 Å². The first-order chi connectivity index (χ1) is 11.4. The zero-order chi connectivity index (χ0) is 17.7. The summed E-state index contributed by atoms with van der Waals surface area (Å²) >= 11 is 11.9. The van der Waals surface area contributed by atoms with Gasteiger partial charge in [-0.3, -0.25) is 4.79 Å². The quantitative estimate of drug-likeness (QED) is 0.630. The van der Waals surface area contributed by atoms with Gasteiger partial charge in [-0.2, -0.15) is 5.26 Å². The molecule has 2 rings (SSSR count). The van der Waals surface area contributed by atoms with E-state index in [0.29, 0.717) is 5.56 Å². The molecular formula is C17H10Cl2N2O3. The molecular weight excluding hydrogens is 351 g/mol. The number of hydrogen-bond acceptors (Lipinski definition) is 3. The summed E-state index contributed by atoms with van der Waals surface area (Å²) in [4.78, 5) is 23.0. The number of benzene rings is 2. The van der Waals surface area contributed by atoms with Crippen LogP contribution >= 0.6 is 23.2 Å². The normalized spacial score (nSPS) is 10.8. The Hall–Kier alpha value is -2.81. The molecule has 5 nitrogen and oxygen atoms in total. The molecule has 24 heavy (non-hydrogen) atoms. The van der Waals surface area contributed by atoms with E-state index in [2.05, 4.69) is 5.32 Å². The van der Waals surface area contributed by atoms with Gasteiger partial charge in [-0.1, -0.05) is 41.4 Å². The minimum atomic E-state index is -1.06. The van der Waals surface area contributed by atoms with Crippen molar-refractivity contribution in [2.24, 2.45) is 0 Å². The Morgan fingerprint density at radius 3 is 2.17 bits per heavy atom. The second kappa shape index (κ2) is 7.64. The number of amides is 1. The SMILES string of the molecule is N#C/C(=C\c1ccc(C(=O)O)cc1)C(=O)Nc1c(Cl)cccc1Cl. The molecule has 0 saturated carbocycles. The zero-order valence-corrected chi connectivity index (χ0v) is 13.6. The number of nitrogens with zero attached hydrogens (tertiary/aromatic N) is 1. The molecule has 0 heterocycles. The monoisotopic (exact) mass is 360 g/mol. The highest BCUT2D eigenvalue weighted by Crippen LogP contribution is 2.30. The van der Waals surface area contributed by atoms with Gasteiger partial charge >= 0.3 is 5.97 Å². The first kappa shape index (κ1) is 17.5. The maximum Gasteiger partial charge on any atom is 0.335 e. The highest BCUT2D eigenvalue weighted by Gasteiger charge is 2.14. The lowest BCUT2D eigenvalue weighted by Crippen LogP contribution is -2.14. The van der Waals surface area contributed by atoms with Crippen LogP contribution in [0.3, 0.4) is 0 Å². The highest BCUT2D eigenvalue weighted by atomic mass is 35.5. The van der Waals surface area contributed by atoms with Crippen LogP contribution in [-0.4, -0.2) is 17.0 Å². The Labute approximate surface area is 147 Å². The molecule has 0 aliphatic rings. The lowest BCUT2D eigenvalue weighted by atomic mass is 10.1. The number of nitriles is 1. The van der Waals surface area contributed by atoms with Gasteiger partial charge in [-0.05, 0) is 35.9 Å². The Morgan fingerprint density at radius 1 is 1.08 bits per heavy atom. The summed E-state index contributed by atoms with van der Waals surface area (Å²) in [5.41, 5.74) is 0.664. The van der Waals surface area contributed by atoms with E-state index in [9.17, 15) is 14.9 Å². The van der Waals surface area contributed by atoms with Crippen molar-refractivity contribution in [2.75, 3.05) is 5.32 Å². The lowest BCUT2D eigenvalue weighted by molar-refractivity contribution is -0.112. The van der Waals surface area contributed by atoms with Gasteiger partial charge in [0.25, 0.3) is 5.91 Å². The summed E-state index contributed by atoms with van der Waals surface area (Å²) in [6.45, 7) is 0. The van der Waals surface area contributed by atoms with Crippen LogP contribution in [0.2, 0.25) is 10.0 Å². The van der Waals surface area contributed by atoms with Crippen LogP contribution in [0.15, 0.2) is 48.0 Å². The second-order valence-corrected chi connectivity index (χ2v) is 5.46. The van der Waals surface area contributed by atoms with Crippen LogP contribution in [0.1, 0.15) is 15.9 Å². The molecule has 7 heteroatoms. The molecule has 0 fully saturated rings. The molecule has 0 aliphatic heterocycles. The molecule has 0 spiro atoms. The van der Waals surface area contributed by atoms with Crippen molar-refractivity contribution in [1.29, 1.82) is 5.26 Å². The molecule has 0 bridgehead atoms. The van der Waals surface area contributed by atoms with Crippen LogP contribution in [0, 0.1) is 11.3 Å². The van der Waals surface area contributed by atoms with Crippen molar-refractivity contribution in [2.45, 2.75) is 0 Å². The average molecular weight is 361 g/mol. The maximum atomic E-state index is 12.2. The minimum absolute atomic E-state index is 0.109. The van der Waals surface area contributed by atoms with Crippen molar-refractivity contribution >= 4 is 46.8 Å². The number of carbonyl (C=O) groups excluding carboxylic acids is 1. The number of rotatable bonds is 4. The largest absolute Gasteiger partial charge is 0.478 e. The Kier molecular flexibility index (Phi) is 5.59. The van der Waals surface area contributed by atoms with Crippen molar-refractivity contribution in [3.63, 3.8) is 0 Å². The Morgan fingerprint density at radius 2 is 1.67 bits per heavy atom. The van der Waals surface area contributed by atoms with Gasteiger partial charge in [0, 0.05) is 0 Å². The number of carboxylic acid groups (broad SMARTS) is 1. The third-order valence-corrected chi connectivity index (χ3v) is 3.66. The summed E-state index contributed by atoms with van der Waals surface area (Å²) in [5, 5.41) is 21.0. The van der Waals surface area contributed by atoms with E-state index in [1.807, 2.05) is 0 Å². The van der Waals surface area contributed by atoms with Gasteiger partial charge in [-0.25, -0.2) is 4.79 Å². The molecule has 120 valence electrons. The fourth-order valence-electron chi connectivity index (χ4n) is 1.84. The van der Waals surface area contributed by atoms with Gasteiger partial charge in [0.15, 0.2) is 0 Å². The van der Waals surface area contributed by atoms with Crippen LogP contribution in [0.25, 0.3) is 6.08 Å². The lowest BCUT2D eigenvalue weighted by Gasteiger charge is -2.08. The molecule has 0 aliphatic carbocycles. The van der Waals surface area contributed by atoms with Crippen LogP contribution in [-0.2, 0) is 4.79 Å². The first-order valence-corrected chi connectivity index (χ1v) is 7.38. The summed E-state index contributed by atoms with van der Waals surface area (Å²) in [5.74, 6) is -1.73. The average Bonchev–Trinajstić information content (AvgIpc) is 2.56. The molecule has 0 atom stereocenters. The minimum Gasteiger partial charge on any atom is -0.478 e. The van der Waals surface area contributed by atoms with E-state index in [0.717, 1.165) is 0 Å². The summed E-state index contributed by atoms with van der Waals surface area (Å²) in [7, 11) is 0. The van der Waals surface area contributed by atoms with E-state index < -0.39 is 11.9 Å². The third kappa shape index (κ3) is 4.13. The van der Waals surface area contributed by atoms with Gasteiger partial charge in [-0.15, -0.1) is 0 Å². The number of para-hydroxylation sites is 1. The maximum absolute atomic E-state index is 12.2. The van der Waals surface area contributed by atoms with E-state index in [1.54, 1.807) is 24.3 Å². The number of carbonyl (C=O) groups is 2. The summed E-state index contributed by atoms with van der Waals surface area (Å²) < 4.78 is 0. The molecule has 1 amide bonds. The standard InChI is InChI=1S/C17H10Cl2N2O3/c18-13-2-1-3-14(19)15(13)21-16(22)12(9-20)8-10-4-6-11(7-5-10)17(23)24/h1-8H,(H,21,22)(H,23,24)/b12-8+. The van der Waals surface area contributed by atoms with Crippen LogP contribution < -0.4 is 5.32 Å². The predicted octanol–water partition coefficient (Wildman–Crippen LogP) is 4.24. The fraction of sp³-hybridized carbons (Fsp3) is 0. The number of carboxylic acids is 1. The van der Waals surface area contributed by atoms with Gasteiger partial charge in [0.2, 0.25) is 0 Å². The molecule has 0 saturated heterocycles. The van der Waals surface area contributed by atoms with E-state index >= 15 is 0 Å². The van der Waals surface area contributed by atoms with E-state index in [4.69, 9.17) is 28.3 Å². The third-order valence-electron chi connectivity index (χ3n) is 3.04. The summed E-state index contributed by atoms with van der Waals surface area (Å²) in [6, 6.07) is 12.3. The van der Waals surface area contributed by atoms with Gasteiger partial charge in [0.1, 0.15) is 11.6 Å². The topological polar surface area (TPSA) is 90.2 Å². The van der Waals surface area contributed by atoms with E-state index in [1.165, 1.54) is 30.3 Å². The van der Waals surface area contributed by atoms with Crippen molar-refractivity contribution in [1.82, 2.24) is 0 Å². The second-order valence-electron chi connectivity index (χ2n) is 4.65. The zero-order valence-electron chi connectivity index (χ0n) is 12.1. The molecule has 0 aromatic heterocycles. The number of nitrogens with one attached hydrogen (secondary N) is 1. The van der Waals surface area contributed by atoms with Gasteiger partial charge < -0.3 is 10.4 Å². The summed E-state index contributed by atoms with van der Waals surface area (Å²) in [6.07, 6.45) is 1.34. The molecule has 0 unspecified atom stereocenters. The molecule has 0 radical (unpaired) electrons. The molecule has 2 aromatic carbocycles. The first-order valence-electron chi connectivity index (χ1n) is 6.63. The van der Waals surface area contributed by atoms with Crippen LogP contribution in [0.4, 0.5) is 5.69 Å². The fourth-order valence-corrected chi connectivity index (χ4v) is 2.33. The van der Waals surface area contributed by atoms with Crippen molar-refractivity contribution in [3.05, 3.63) is 69.2 Å². The predicted molar refractivity (Wildman–Crippen MR) is 92.1 cm³/mol.